The van der Waals surface area contributed by atoms with Gasteiger partial charge in [0, 0.05) is 30.1 Å². The highest BCUT2D eigenvalue weighted by atomic mass is 19.2. The molecule has 0 unspecified atom stereocenters. The Bertz CT molecular complexity index is 1810. The van der Waals surface area contributed by atoms with Crippen molar-refractivity contribution >= 4 is 33.2 Å². The molecular weight excluding hydrogens is 575 g/mol. The normalized spacial score (nSPS) is 21.7. The Morgan fingerprint density at radius 3 is 2.50 bits per heavy atom. The van der Waals surface area contributed by atoms with E-state index in [-0.39, 0.29) is 51.2 Å². The van der Waals surface area contributed by atoms with Gasteiger partial charge < -0.3 is 14.7 Å². The van der Waals surface area contributed by atoms with Gasteiger partial charge >= 0.3 is 6.01 Å². The highest BCUT2D eigenvalue weighted by Gasteiger charge is 2.45. The van der Waals surface area contributed by atoms with Crippen LogP contribution in [0, 0.1) is 27.6 Å². The van der Waals surface area contributed by atoms with E-state index < -0.39 is 39.2 Å². The minimum Gasteiger partial charge on any atom is -0.461 e. The largest absolute Gasteiger partial charge is 0.461 e. The molecule has 1 N–H and O–H groups in total. The molecule has 3 fully saturated rings. The van der Waals surface area contributed by atoms with Crippen molar-refractivity contribution in [3.05, 3.63) is 64.0 Å². The van der Waals surface area contributed by atoms with Crippen LogP contribution < -0.4 is 9.64 Å². The summed E-state index contributed by atoms with van der Waals surface area (Å²) in [5.74, 6) is -3.24. The molecule has 230 valence electrons. The summed E-state index contributed by atoms with van der Waals surface area (Å²) in [6.07, 6.45) is 5.22. The highest BCUT2D eigenvalue weighted by molar-refractivity contribution is 6.04. The minimum atomic E-state index is -1.23. The molecule has 4 aromatic rings. The molecule has 3 aliphatic heterocycles. The molecule has 0 aliphatic carbocycles. The maximum atomic E-state index is 16.8. The first kappa shape index (κ1) is 28.7. The fraction of sp³-hybridized carbons (Fsp3) is 0.438. The zero-order valence-corrected chi connectivity index (χ0v) is 24.3. The third-order valence-corrected chi connectivity index (χ3v) is 9.53. The van der Waals surface area contributed by atoms with E-state index in [2.05, 4.69) is 14.9 Å². The fourth-order valence-electron chi connectivity index (χ4n) is 7.46. The molecule has 3 aliphatic rings. The monoisotopic (exact) mass is 607 g/mol. The first-order chi connectivity index (χ1) is 21.1. The second-order valence-electron chi connectivity index (χ2n) is 12.6. The lowest BCUT2D eigenvalue weighted by Crippen LogP contribution is -2.46. The van der Waals surface area contributed by atoms with Crippen LogP contribution in [0.2, 0.25) is 0 Å². The van der Waals surface area contributed by atoms with Crippen molar-refractivity contribution in [2.24, 2.45) is 0 Å². The molecule has 0 saturated carbocycles. The third kappa shape index (κ3) is 4.71. The molecule has 1 aromatic heterocycles. The van der Waals surface area contributed by atoms with Gasteiger partial charge in [-0.05, 0) is 70.0 Å². The number of fused-ring (bicyclic) bond motifs is 3. The second-order valence-corrected chi connectivity index (χ2v) is 12.6. The Balaban J connectivity index is 1.44. The van der Waals surface area contributed by atoms with Crippen LogP contribution in [0.5, 0.6) is 6.01 Å². The quantitative estimate of drug-likeness (QED) is 0.206. The SMILES string of the molecule is C[C@@]1(O)CCCN(c2nc(OCC34CCCN3CCC4)nc3c(F)c(-c4cccc5ccc(F)c(F)c45)c([N+](=O)[O-])cc23)C1. The van der Waals surface area contributed by atoms with Crippen LogP contribution in [-0.4, -0.2) is 68.8 Å². The van der Waals surface area contributed by atoms with Crippen molar-refractivity contribution < 1.29 is 27.9 Å². The summed E-state index contributed by atoms with van der Waals surface area (Å²) in [7, 11) is 0. The maximum absolute atomic E-state index is 16.8. The number of hydrogen-bond donors (Lipinski definition) is 1. The number of β-amino-alcohol motifs (C(OH)–C–C–N with tert-alkyl or cyclic N) is 1. The summed E-state index contributed by atoms with van der Waals surface area (Å²) < 4.78 is 52.6. The number of nitro groups is 1. The maximum Gasteiger partial charge on any atom is 0.319 e. The van der Waals surface area contributed by atoms with Crippen molar-refractivity contribution in [3.63, 3.8) is 0 Å². The number of aliphatic hydroxyl groups is 1. The van der Waals surface area contributed by atoms with Crippen LogP contribution in [-0.2, 0) is 0 Å². The number of anilines is 1. The molecular formula is C32H32F3N5O4. The van der Waals surface area contributed by atoms with Crippen molar-refractivity contribution in [1.82, 2.24) is 14.9 Å². The molecule has 12 heteroatoms. The van der Waals surface area contributed by atoms with E-state index in [0.717, 1.165) is 44.8 Å². The van der Waals surface area contributed by atoms with Crippen LogP contribution >= 0.6 is 0 Å². The number of piperidine rings is 1. The van der Waals surface area contributed by atoms with Crippen LogP contribution in [0.15, 0.2) is 36.4 Å². The van der Waals surface area contributed by atoms with Crippen molar-refractivity contribution in [3.8, 4) is 17.1 Å². The number of halogens is 3. The summed E-state index contributed by atoms with van der Waals surface area (Å²) in [5, 5.41) is 23.4. The number of ether oxygens (including phenoxy) is 1. The Morgan fingerprint density at radius 2 is 1.77 bits per heavy atom. The molecule has 0 amide bonds. The van der Waals surface area contributed by atoms with Gasteiger partial charge in [-0.3, -0.25) is 15.0 Å². The van der Waals surface area contributed by atoms with Crippen LogP contribution in [0.3, 0.4) is 0 Å². The minimum absolute atomic E-state index is 0.0661. The second kappa shape index (κ2) is 10.6. The summed E-state index contributed by atoms with van der Waals surface area (Å²) in [6.45, 7) is 4.62. The number of aromatic nitrogens is 2. The molecule has 9 nitrogen and oxygen atoms in total. The number of nitro benzene ring substituents is 1. The van der Waals surface area contributed by atoms with Gasteiger partial charge in [-0.25, -0.2) is 13.2 Å². The van der Waals surface area contributed by atoms with Gasteiger partial charge in [-0.2, -0.15) is 9.97 Å². The van der Waals surface area contributed by atoms with Gasteiger partial charge in [0.15, 0.2) is 17.5 Å². The molecule has 7 rings (SSSR count). The summed E-state index contributed by atoms with van der Waals surface area (Å²) in [5.41, 5.74) is -2.75. The summed E-state index contributed by atoms with van der Waals surface area (Å²) in [4.78, 5) is 25.0. The lowest BCUT2D eigenvalue weighted by Gasteiger charge is -2.38. The smallest absolute Gasteiger partial charge is 0.319 e. The molecule has 44 heavy (non-hydrogen) atoms. The zero-order chi connectivity index (χ0) is 30.8. The molecule has 3 saturated heterocycles. The Labute approximate surface area is 251 Å². The highest BCUT2D eigenvalue weighted by Crippen LogP contribution is 2.44. The number of hydrogen-bond acceptors (Lipinski definition) is 8. The van der Waals surface area contributed by atoms with E-state index in [0.29, 0.717) is 26.0 Å². The summed E-state index contributed by atoms with van der Waals surface area (Å²) in [6, 6.07) is 7.75. The molecule has 1 atom stereocenters. The predicted molar refractivity (Wildman–Crippen MR) is 159 cm³/mol. The number of nitrogens with zero attached hydrogens (tertiary/aromatic N) is 5. The zero-order valence-electron chi connectivity index (χ0n) is 24.3. The molecule has 3 aromatic carbocycles. The van der Waals surface area contributed by atoms with Gasteiger partial charge in [0.25, 0.3) is 5.69 Å². The fourth-order valence-corrected chi connectivity index (χ4v) is 7.46. The van der Waals surface area contributed by atoms with E-state index in [1.807, 2.05) is 0 Å². The van der Waals surface area contributed by atoms with Crippen molar-refractivity contribution in [2.75, 3.05) is 37.7 Å². The van der Waals surface area contributed by atoms with Crippen LogP contribution in [0.1, 0.15) is 45.4 Å². The molecule has 4 heterocycles. The topological polar surface area (TPSA) is 105 Å². The Hall–Kier alpha value is -4.03. The average molecular weight is 608 g/mol. The first-order valence-electron chi connectivity index (χ1n) is 15.0. The van der Waals surface area contributed by atoms with Crippen LogP contribution in [0.25, 0.3) is 32.8 Å². The Kier molecular flexibility index (Phi) is 6.89. The lowest BCUT2D eigenvalue weighted by molar-refractivity contribution is -0.384. The molecule has 0 radical (unpaired) electrons. The average Bonchev–Trinajstić information content (AvgIpc) is 3.58. The lowest BCUT2D eigenvalue weighted by atomic mass is 9.93. The van der Waals surface area contributed by atoms with Gasteiger partial charge in [-0.15, -0.1) is 0 Å². The predicted octanol–water partition coefficient (Wildman–Crippen LogP) is 6.13. The van der Waals surface area contributed by atoms with Gasteiger partial charge in [-0.1, -0.05) is 24.3 Å². The Morgan fingerprint density at radius 1 is 1.02 bits per heavy atom. The summed E-state index contributed by atoms with van der Waals surface area (Å²) >= 11 is 0. The molecule has 0 bridgehead atoms. The van der Waals surface area contributed by atoms with Gasteiger partial charge in [0.2, 0.25) is 0 Å². The van der Waals surface area contributed by atoms with E-state index in [1.165, 1.54) is 30.3 Å². The van der Waals surface area contributed by atoms with E-state index in [1.54, 1.807) is 11.8 Å². The van der Waals surface area contributed by atoms with Crippen molar-refractivity contribution in [2.45, 2.75) is 56.6 Å². The van der Waals surface area contributed by atoms with E-state index in [9.17, 15) is 19.6 Å². The standard InChI is InChI=1S/C32H32F3N5O4/c1-31(41)10-3-13-38(17-31)29-21-16-23(40(42)43)25(20-7-2-6-19-8-9-22(33)26(34)24(19)20)27(35)28(21)36-30(37-29)44-18-32-11-4-14-39(32)15-5-12-32/h2,6-9,16,41H,3-5,10-15,17-18H2,1H3/t31-/m1/s1. The van der Waals surface area contributed by atoms with E-state index >= 15 is 8.78 Å². The van der Waals surface area contributed by atoms with Gasteiger partial charge in [0.1, 0.15) is 17.9 Å². The first-order valence-corrected chi connectivity index (χ1v) is 15.0. The van der Waals surface area contributed by atoms with E-state index in [4.69, 9.17) is 4.74 Å². The van der Waals surface area contributed by atoms with Gasteiger partial charge in [0.05, 0.1) is 27.0 Å². The third-order valence-electron chi connectivity index (χ3n) is 9.53. The molecule has 0 spiro atoms. The number of benzene rings is 3. The van der Waals surface area contributed by atoms with Crippen LogP contribution in [0.4, 0.5) is 24.7 Å². The van der Waals surface area contributed by atoms with Crippen molar-refractivity contribution in [1.29, 1.82) is 0 Å². The number of rotatable bonds is 6.